The van der Waals surface area contributed by atoms with Crippen LogP contribution < -0.4 is 0 Å². The van der Waals surface area contributed by atoms with Gasteiger partial charge in [-0.3, -0.25) is 33.8 Å². The van der Waals surface area contributed by atoms with Gasteiger partial charge in [-0.1, -0.05) is 0 Å². The summed E-state index contributed by atoms with van der Waals surface area (Å²) in [4.78, 5) is 127. The van der Waals surface area contributed by atoms with Crippen LogP contribution in [0.25, 0.3) is 0 Å². The fourth-order valence-electron chi connectivity index (χ4n) is 9.88. The van der Waals surface area contributed by atoms with Gasteiger partial charge in [-0.25, -0.2) is 14.4 Å². The maximum atomic E-state index is 15.0. The number of rotatable bonds is 9. The van der Waals surface area contributed by atoms with E-state index in [1.165, 1.54) is 37.6 Å². The smallest absolute Gasteiger partial charge is 0.350 e. The SMILES string of the molecule is CC(=O)OC[C@@]12[C@H](OC(C)=O)[C@@H](OC(C)=O)[C@H]3[C@@H](OC(C)=O)[C@]14O[C@@]3(C)COC(=O)c1cccnc1CC[C@](C)(OC(=O)c1ccoc1)C(=O)O[C@H]([C@@H](OC(C)=O)[C@H]2OC(C)=O)[C@@]4(C)O. The molecule has 0 amide bonds. The van der Waals surface area contributed by atoms with Crippen molar-refractivity contribution in [2.75, 3.05) is 13.2 Å². The lowest BCUT2D eigenvalue weighted by atomic mass is 9.45. The number of ether oxygens (including phenoxy) is 10. The van der Waals surface area contributed by atoms with Crippen LogP contribution in [0.3, 0.4) is 0 Å². The molecular weight excluding hydrogens is 866 g/mol. The first-order valence-electron chi connectivity index (χ1n) is 20.3. The number of cyclic esters (lactones) is 1. The van der Waals surface area contributed by atoms with Gasteiger partial charge in [0.05, 0.1) is 29.0 Å². The molecular formula is C43H49NO21. The van der Waals surface area contributed by atoms with E-state index < -0.39 is 144 Å². The normalized spacial score (nSPS) is 35.0. The van der Waals surface area contributed by atoms with Crippen LogP contribution in [0.15, 0.2) is 41.3 Å². The number of hydrogen-bond acceptors (Lipinski definition) is 22. The molecule has 0 radical (unpaired) electrons. The molecule has 4 aliphatic rings. The van der Waals surface area contributed by atoms with E-state index in [-0.39, 0.29) is 23.2 Å². The topological polar surface area (TPSA) is 292 Å². The summed E-state index contributed by atoms with van der Waals surface area (Å²) in [7, 11) is 0. The molecule has 2 aromatic rings. The average Bonchev–Trinajstić information content (AvgIpc) is 3.82. The number of esters is 9. The fraction of sp³-hybridized carbons (Fsp3) is 0.581. The number of carbonyl (C=O) groups is 9. The summed E-state index contributed by atoms with van der Waals surface area (Å²) >= 11 is 0. The second-order valence-corrected chi connectivity index (χ2v) is 16.9. The van der Waals surface area contributed by atoms with Gasteiger partial charge >= 0.3 is 53.7 Å². The molecule has 1 saturated heterocycles. The van der Waals surface area contributed by atoms with Crippen LogP contribution in [0.4, 0.5) is 0 Å². The lowest BCUT2D eigenvalue weighted by Crippen LogP contribution is -2.89. The van der Waals surface area contributed by atoms with Gasteiger partial charge in [-0.2, -0.15) is 0 Å². The predicted molar refractivity (Wildman–Crippen MR) is 208 cm³/mol. The number of furan rings is 1. The molecule has 2 aromatic heterocycles. The second kappa shape index (κ2) is 17.5. The van der Waals surface area contributed by atoms with Crippen molar-refractivity contribution in [3.05, 3.63) is 53.7 Å². The third-order valence-electron chi connectivity index (χ3n) is 12.3. The van der Waals surface area contributed by atoms with E-state index in [2.05, 4.69) is 4.98 Å². The zero-order valence-corrected chi connectivity index (χ0v) is 36.9. The minimum absolute atomic E-state index is 0.0462. The number of nitrogens with zero attached hydrogens (tertiary/aromatic N) is 1. The van der Waals surface area contributed by atoms with Gasteiger partial charge in [0, 0.05) is 54.2 Å². The molecule has 65 heavy (non-hydrogen) atoms. The van der Waals surface area contributed by atoms with Crippen molar-refractivity contribution in [3.8, 4) is 0 Å². The number of hydrogen-bond donors (Lipinski definition) is 1. The van der Waals surface area contributed by atoms with Gasteiger partial charge in [-0.05, 0) is 45.4 Å². The maximum Gasteiger partial charge on any atom is 0.350 e. The highest BCUT2D eigenvalue weighted by atomic mass is 16.7. The highest BCUT2D eigenvalue weighted by Crippen LogP contribution is 2.70. The maximum absolute atomic E-state index is 15.0. The Labute approximate surface area is 370 Å². The van der Waals surface area contributed by atoms with Crippen LogP contribution in [0, 0.1) is 11.3 Å². The van der Waals surface area contributed by atoms with Crippen molar-refractivity contribution in [3.63, 3.8) is 0 Å². The molecule has 1 N–H and O–H groups in total. The Morgan fingerprint density at radius 1 is 0.785 bits per heavy atom. The van der Waals surface area contributed by atoms with Crippen molar-refractivity contribution < 1.29 is 100 Å². The van der Waals surface area contributed by atoms with Crippen LogP contribution in [-0.4, -0.2) is 136 Å². The number of aliphatic hydroxyl groups is 1. The standard InChI is InChI=1S/C43H49NO21/c1-20(45)56-19-42-34(61-24(5)49)30(58-21(2)46)29-32(60-23(4)48)43(42)41(9,54)33(31(59-22(3)47)35(42)62-25(6)50)63-38(53)39(7,64-36(51)26-13-16-55-17-26)14-12-28-27(11-10-15-44-28)37(52)57-18-40(29,8)65-43/h10-11,13,15-17,29-35,54H,12,14,18-19H2,1-9H3/t29-,30-,31+,32+,33+,34+,35+,39-,40-,41+,42-,43+/m0/s1. The highest BCUT2D eigenvalue weighted by molar-refractivity contribution is 5.93. The van der Waals surface area contributed by atoms with E-state index in [9.17, 15) is 43.5 Å². The Hall–Kier alpha value is -6.42. The van der Waals surface area contributed by atoms with Gasteiger partial charge in [0.1, 0.15) is 48.3 Å². The van der Waals surface area contributed by atoms with E-state index in [0.29, 0.717) is 0 Å². The number of aromatic nitrogens is 1. The molecule has 4 bridgehead atoms. The second-order valence-electron chi connectivity index (χ2n) is 16.9. The van der Waals surface area contributed by atoms with Crippen molar-refractivity contribution >= 4 is 53.7 Å². The Bertz CT molecular complexity index is 2270. The molecule has 2 saturated carbocycles. The van der Waals surface area contributed by atoms with Crippen molar-refractivity contribution in [1.82, 2.24) is 4.98 Å². The summed E-state index contributed by atoms with van der Waals surface area (Å²) < 4.78 is 65.5. The highest BCUT2D eigenvalue weighted by Gasteiger charge is 2.92. The Kier molecular flexibility index (Phi) is 12.9. The first-order valence-corrected chi connectivity index (χ1v) is 20.3. The van der Waals surface area contributed by atoms with E-state index in [1.807, 2.05) is 0 Å². The summed E-state index contributed by atoms with van der Waals surface area (Å²) in [6.45, 7) is 7.21. The first-order chi connectivity index (χ1) is 30.3. The van der Waals surface area contributed by atoms with E-state index >= 15 is 4.79 Å². The summed E-state index contributed by atoms with van der Waals surface area (Å²) in [6.07, 6.45) is -10.00. The number of aryl methyl sites for hydroxylation is 1. The van der Waals surface area contributed by atoms with E-state index in [0.717, 1.165) is 61.7 Å². The number of fused-ring (bicyclic) bond motifs is 5. The third-order valence-corrected chi connectivity index (χ3v) is 12.3. The lowest BCUT2D eigenvalue weighted by Gasteiger charge is -2.67. The molecule has 6 rings (SSSR count). The molecule has 0 aromatic carbocycles. The summed E-state index contributed by atoms with van der Waals surface area (Å²) in [5.41, 5.74) is -13.4. The molecule has 3 fully saturated rings. The van der Waals surface area contributed by atoms with Gasteiger partial charge in [0.25, 0.3) is 0 Å². The Morgan fingerprint density at radius 2 is 1.37 bits per heavy atom. The zero-order chi connectivity index (χ0) is 48.0. The van der Waals surface area contributed by atoms with Crippen molar-refractivity contribution in [2.45, 2.75) is 134 Å². The number of carbonyl (C=O) groups excluding carboxylic acids is 9. The summed E-state index contributed by atoms with van der Waals surface area (Å²) in [5.74, 6) is -11.7. The molecule has 2 aliphatic carbocycles. The zero-order valence-electron chi connectivity index (χ0n) is 36.9. The minimum Gasteiger partial charge on any atom is -0.472 e. The van der Waals surface area contributed by atoms with E-state index in [1.54, 1.807) is 0 Å². The van der Waals surface area contributed by atoms with Gasteiger partial charge < -0.3 is 56.9 Å². The molecule has 2 aliphatic heterocycles. The monoisotopic (exact) mass is 915 g/mol. The van der Waals surface area contributed by atoms with Crippen LogP contribution in [-0.2, 0) is 87.4 Å². The molecule has 352 valence electrons. The molecule has 1 spiro atoms. The Morgan fingerprint density at radius 3 is 1.94 bits per heavy atom. The predicted octanol–water partition coefficient (Wildman–Crippen LogP) is 1.44. The van der Waals surface area contributed by atoms with Gasteiger partial charge in [-0.15, -0.1) is 0 Å². The Balaban J connectivity index is 1.77. The van der Waals surface area contributed by atoms with Crippen LogP contribution in [0.2, 0.25) is 0 Å². The summed E-state index contributed by atoms with van der Waals surface area (Å²) in [6, 6.07) is 4.03. The molecule has 0 unspecified atom stereocenters. The van der Waals surface area contributed by atoms with Crippen LogP contribution in [0.1, 0.15) is 95.1 Å². The van der Waals surface area contributed by atoms with E-state index in [4.69, 9.17) is 51.8 Å². The molecule has 4 heterocycles. The molecule has 22 heteroatoms. The third kappa shape index (κ3) is 8.28. The largest absolute Gasteiger partial charge is 0.472 e. The fourth-order valence-corrected chi connectivity index (χ4v) is 9.88. The summed E-state index contributed by atoms with van der Waals surface area (Å²) in [5, 5.41) is 13.7. The van der Waals surface area contributed by atoms with Gasteiger partial charge in [0.15, 0.2) is 30.0 Å². The van der Waals surface area contributed by atoms with Crippen molar-refractivity contribution in [1.29, 1.82) is 0 Å². The van der Waals surface area contributed by atoms with Crippen LogP contribution in [0.5, 0.6) is 0 Å². The first kappa shape index (κ1) is 48.0. The number of pyridine rings is 1. The minimum atomic E-state index is -3.01. The van der Waals surface area contributed by atoms with Gasteiger partial charge in [0.2, 0.25) is 5.60 Å². The molecule has 22 nitrogen and oxygen atoms in total. The van der Waals surface area contributed by atoms with Crippen molar-refractivity contribution in [2.24, 2.45) is 11.3 Å². The lowest BCUT2D eigenvalue weighted by molar-refractivity contribution is -0.387. The average molecular weight is 916 g/mol. The van der Waals surface area contributed by atoms with Crippen LogP contribution >= 0.6 is 0 Å². The quantitative estimate of drug-likeness (QED) is 0.275. The molecule has 12 atom stereocenters.